The van der Waals surface area contributed by atoms with Crippen molar-refractivity contribution >= 4 is 59.5 Å². The van der Waals surface area contributed by atoms with Crippen LogP contribution in [0.5, 0.6) is 0 Å². The van der Waals surface area contributed by atoms with Crippen LogP contribution in [0, 0.1) is 0 Å². The van der Waals surface area contributed by atoms with Gasteiger partial charge in [0.15, 0.2) is 43.1 Å². The molecular formula is C96H139NO24S. The number of carbonyl (C=O) groups excluding carboxylic acids is 8. The van der Waals surface area contributed by atoms with Crippen LogP contribution in [-0.2, 0) is 76.0 Å². The molecule has 3 aliphatic heterocycles. The number of rotatable bonds is 60. The van der Waals surface area contributed by atoms with Crippen molar-refractivity contribution in [2.24, 2.45) is 0 Å². The molecule has 3 heterocycles. The highest BCUT2D eigenvalue weighted by molar-refractivity contribution is 8.00. The molecule has 0 bridgehead atoms. The lowest BCUT2D eigenvalue weighted by molar-refractivity contribution is -0.347. The maximum absolute atomic E-state index is 15.1. The number of hydrogen-bond donors (Lipinski definition) is 5. The third kappa shape index (κ3) is 37.3. The molecule has 678 valence electrons. The Morgan fingerprint density at radius 1 is 0.410 bits per heavy atom. The highest BCUT2D eigenvalue weighted by atomic mass is 32.2. The zero-order valence-electron chi connectivity index (χ0n) is 72.7. The number of benzene rings is 4. The average molecular weight is 1720 g/mol. The topological polar surface area (TPSA) is 340 Å². The molecule has 0 unspecified atom stereocenters. The molecule has 0 aromatic heterocycles. The highest BCUT2D eigenvalue weighted by Crippen LogP contribution is 2.43. The van der Waals surface area contributed by atoms with Crippen molar-refractivity contribution in [3.63, 3.8) is 0 Å². The number of carbonyl (C=O) groups is 8. The lowest BCUT2D eigenvalue weighted by Crippen LogP contribution is -2.67. The maximum Gasteiger partial charge on any atom is 0.338 e. The van der Waals surface area contributed by atoms with Crippen LogP contribution in [0.15, 0.2) is 133 Å². The minimum atomic E-state index is -2.08. The van der Waals surface area contributed by atoms with Crippen LogP contribution in [0.4, 0.5) is 0 Å². The zero-order valence-corrected chi connectivity index (χ0v) is 73.5. The van der Waals surface area contributed by atoms with Gasteiger partial charge >= 0.3 is 41.8 Å². The van der Waals surface area contributed by atoms with Crippen LogP contribution >= 0.6 is 11.8 Å². The Morgan fingerprint density at radius 3 is 1.23 bits per heavy atom. The van der Waals surface area contributed by atoms with Gasteiger partial charge in [-0.3, -0.25) is 19.2 Å². The molecule has 0 spiro atoms. The third-order valence-corrected chi connectivity index (χ3v) is 23.8. The summed E-state index contributed by atoms with van der Waals surface area (Å²) < 4.78 is 75.5. The van der Waals surface area contributed by atoms with Crippen molar-refractivity contribution in [1.29, 1.82) is 0 Å². The summed E-state index contributed by atoms with van der Waals surface area (Å²) in [6.07, 6.45) is 20.0. The first-order valence-corrected chi connectivity index (χ1v) is 46.2. The van der Waals surface area contributed by atoms with Gasteiger partial charge in [-0.2, -0.15) is 0 Å². The van der Waals surface area contributed by atoms with E-state index in [0.717, 1.165) is 72.1 Å². The monoisotopic (exact) mass is 1720 g/mol. The Balaban J connectivity index is 1.19. The quantitative estimate of drug-likeness (QED) is 0.0119. The largest absolute Gasteiger partial charge is 0.463 e. The molecule has 5 N–H and O–H groups in total. The van der Waals surface area contributed by atoms with Gasteiger partial charge in [0.25, 0.3) is 0 Å². The maximum atomic E-state index is 15.1. The van der Waals surface area contributed by atoms with Gasteiger partial charge in [0, 0.05) is 27.2 Å². The number of nitrogens with one attached hydrogen (secondary N) is 1. The molecule has 4 aromatic rings. The molecule has 25 nitrogen and oxygen atoms in total. The Morgan fingerprint density at radius 2 is 0.795 bits per heavy atom. The smallest absolute Gasteiger partial charge is 0.338 e. The number of aliphatic hydroxyl groups excluding tert-OH is 4. The fraction of sp³-hybridized carbons (Fsp3) is 0.646. The van der Waals surface area contributed by atoms with Crippen molar-refractivity contribution in [1.82, 2.24) is 5.32 Å². The molecule has 3 aliphatic rings. The standard InChI is InChI=1S/C96H139NO24S/c1-6-8-10-12-14-16-18-20-21-22-23-24-25-26-27-28-29-31-33-35-37-39-53-63-80(103)97-75(76(102)62-52-38-36-34-32-30-19-17-15-13-11-9-7-2)65-112-94-87(119-92(108)73-58-48-42-49-59-73)86(118-91(107)72-56-46-41-47-57-72)84(78(116-94)67-111-90(106)71-54-44-40-45-55-71)121-95-88(120-93(109)74-60-50-43-51-61-74)89(81(104)77(64-98)115-95)122-96-82(105)85(114-70(5)101)83(113-69(4)100)79(117-96)66-110-68(3)99/h40-52,54-62,75-79,81-89,94-96,98,102,104-105H,6-39,53,63-67H2,1-5H3,(H,97,103)/b62-52+/t75-,76+,77+,78+,79+,81-,82+,83-,84+,85+,86-,87+,88+,89-,94+,95-,96+/m0/s1. The normalized spacial score (nSPS) is 23.2. The summed E-state index contributed by atoms with van der Waals surface area (Å²) >= 11 is 0.576. The van der Waals surface area contributed by atoms with Crippen molar-refractivity contribution < 1.29 is 116 Å². The molecule has 0 radical (unpaired) electrons. The highest BCUT2D eigenvalue weighted by Gasteiger charge is 2.59. The Hall–Kier alpha value is -7.63. The van der Waals surface area contributed by atoms with Crippen LogP contribution in [0.3, 0.4) is 0 Å². The van der Waals surface area contributed by atoms with Crippen LogP contribution in [0.25, 0.3) is 0 Å². The Labute approximate surface area is 727 Å². The van der Waals surface area contributed by atoms with E-state index in [-0.39, 0.29) is 34.6 Å². The van der Waals surface area contributed by atoms with Crippen molar-refractivity contribution in [3.8, 4) is 0 Å². The van der Waals surface area contributed by atoms with Crippen molar-refractivity contribution in [3.05, 3.63) is 156 Å². The van der Waals surface area contributed by atoms with Crippen molar-refractivity contribution in [2.75, 3.05) is 26.4 Å². The van der Waals surface area contributed by atoms with Gasteiger partial charge in [0.1, 0.15) is 49.2 Å². The van der Waals surface area contributed by atoms with Gasteiger partial charge in [-0.1, -0.05) is 304 Å². The second kappa shape index (κ2) is 59.3. The number of esters is 7. The Bertz CT molecular complexity index is 3620. The fourth-order valence-corrected chi connectivity index (χ4v) is 17.0. The lowest BCUT2D eigenvalue weighted by Gasteiger charge is -2.50. The molecule has 0 saturated carbocycles. The van der Waals surface area contributed by atoms with Gasteiger partial charge in [-0.15, -0.1) is 11.8 Å². The summed E-state index contributed by atoms with van der Waals surface area (Å²) in [5, 5.41) is 49.7. The van der Waals surface area contributed by atoms with E-state index in [4.69, 9.17) is 56.8 Å². The number of thioether (sulfide) groups is 1. The van der Waals surface area contributed by atoms with Crippen LogP contribution in [0.2, 0.25) is 0 Å². The van der Waals surface area contributed by atoms with E-state index < -0.39 is 171 Å². The van der Waals surface area contributed by atoms with E-state index in [2.05, 4.69) is 19.2 Å². The number of hydrogen-bond acceptors (Lipinski definition) is 25. The molecular weight excluding hydrogens is 1580 g/mol. The first kappa shape index (κ1) is 101. The van der Waals surface area contributed by atoms with Crippen LogP contribution in [-0.4, -0.2) is 197 Å². The van der Waals surface area contributed by atoms with Crippen molar-refractivity contribution in [2.45, 2.75) is 368 Å². The number of allylic oxidation sites excluding steroid dienone is 1. The Kier molecular flexibility index (Phi) is 49.3. The second-order valence-electron chi connectivity index (χ2n) is 32.4. The number of ether oxygens (including phenoxy) is 12. The molecule has 3 fully saturated rings. The van der Waals surface area contributed by atoms with E-state index >= 15 is 4.79 Å². The van der Waals surface area contributed by atoms with E-state index in [9.17, 15) is 54.0 Å². The summed E-state index contributed by atoms with van der Waals surface area (Å²) in [7, 11) is 0. The molecule has 26 heteroatoms. The number of aliphatic hydroxyl groups is 4. The summed E-state index contributed by atoms with van der Waals surface area (Å²) in [6.45, 7) is 4.72. The summed E-state index contributed by atoms with van der Waals surface area (Å²) in [5.41, 5.74) is -1.65. The molecule has 1 amide bonds. The third-order valence-electron chi connectivity index (χ3n) is 22.3. The SMILES string of the molecule is CCCCCCCCCCCCC/C=C/[C@@H](O)[C@H](CO[C@@H]1O[C@H](COC(=O)c2ccccc2)[C@@H](O[C@@H]2O[C@H](CO)[C@H](O)[C@H](S[C@H]3O[C@H](COC(C)=O)[C@H](OC(C)=O)[C@H](OC(C)=O)[C@H]3O)[C@H]2OC(=O)c2ccccc2)[C@H](OC(=O)c2ccccc2)[C@H]1OC(=O)c1ccccc1)NC(=O)CCCCCCCCCCCCCCCCCCCCCCCCC. The summed E-state index contributed by atoms with van der Waals surface area (Å²) in [6, 6.07) is 29.8. The predicted molar refractivity (Wildman–Crippen MR) is 463 cm³/mol. The van der Waals surface area contributed by atoms with Gasteiger partial charge < -0.3 is 82.6 Å². The first-order chi connectivity index (χ1) is 59.3. The van der Waals surface area contributed by atoms with E-state index in [1.807, 2.05) is 6.08 Å². The van der Waals surface area contributed by atoms with Crippen LogP contribution in [0.1, 0.15) is 307 Å². The predicted octanol–water partition coefficient (Wildman–Crippen LogP) is 16.8. The lowest BCUT2D eigenvalue weighted by atomic mass is 9.96. The molecule has 3 saturated heterocycles. The van der Waals surface area contributed by atoms with Gasteiger partial charge in [0.05, 0.1) is 59.0 Å². The average Bonchev–Trinajstić information content (AvgIpc) is 0.759. The molecule has 122 heavy (non-hydrogen) atoms. The number of unbranched alkanes of at least 4 members (excludes halogenated alkanes) is 33. The minimum Gasteiger partial charge on any atom is -0.463 e. The number of amides is 1. The van der Waals surface area contributed by atoms with E-state index in [0.29, 0.717) is 24.6 Å². The van der Waals surface area contributed by atoms with Gasteiger partial charge in [0.2, 0.25) is 5.91 Å². The van der Waals surface area contributed by atoms with Gasteiger partial charge in [-0.05, 0) is 67.8 Å². The second-order valence-corrected chi connectivity index (χ2v) is 33.7. The zero-order chi connectivity index (χ0) is 87.5. The summed E-state index contributed by atoms with van der Waals surface area (Å²) in [5.74, 6) is -6.95. The summed E-state index contributed by atoms with van der Waals surface area (Å²) in [4.78, 5) is 111. The molecule has 0 aliphatic carbocycles. The van der Waals surface area contributed by atoms with E-state index in [1.165, 1.54) is 209 Å². The van der Waals surface area contributed by atoms with E-state index in [1.54, 1.807) is 78.9 Å². The minimum absolute atomic E-state index is 0.00493. The molecule has 4 aromatic carbocycles. The van der Waals surface area contributed by atoms with Crippen LogP contribution < -0.4 is 5.32 Å². The molecule has 7 rings (SSSR count). The fourth-order valence-electron chi connectivity index (χ4n) is 15.5. The first-order valence-electron chi connectivity index (χ1n) is 45.3. The van der Waals surface area contributed by atoms with Gasteiger partial charge in [-0.25, -0.2) is 19.2 Å². The molecule has 17 atom stereocenters.